The molecule has 0 spiro atoms. The molecular formula is C13H14ClN3. The predicted molar refractivity (Wildman–Crippen MR) is 67.0 cm³/mol. The van der Waals surface area contributed by atoms with E-state index in [-0.39, 0.29) is 0 Å². The smallest absolute Gasteiger partial charge is 0.145 e. The van der Waals surface area contributed by atoms with E-state index in [1.165, 1.54) is 25.7 Å². The molecule has 88 valence electrons. The molecule has 4 heteroatoms. The summed E-state index contributed by atoms with van der Waals surface area (Å²) in [5.41, 5.74) is 1.00. The fourth-order valence-electron chi connectivity index (χ4n) is 3.76. The van der Waals surface area contributed by atoms with Gasteiger partial charge in [-0.25, -0.2) is 9.97 Å². The Bertz CT molecular complexity index is 577. The van der Waals surface area contributed by atoms with E-state index in [0.29, 0.717) is 11.2 Å². The van der Waals surface area contributed by atoms with Gasteiger partial charge in [0.2, 0.25) is 0 Å². The van der Waals surface area contributed by atoms with Gasteiger partial charge in [-0.1, -0.05) is 18.0 Å². The van der Waals surface area contributed by atoms with Gasteiger partial charge in [0.15, 0.2) is 0 Å². The second-order valence-electron chi connectivity index (χ2n) is 5.37. The highest BCUT2D eigenvalue weighted by Crippen LogP contribution is 2.51. The number of halogens is 1. The highest BCUT2D eigenvalue weighted by atomic mass is 35.5. The number of hydrogen-bond acceptors (Lipinski definition) is 2. The molecule has 0 saturated heterocycles. The van der Waals surface area contributed by atoms with Crippen LogP contribution in [-0.4, -0.2) is 14.5 Å². The van der Waals surface area contributed by atoms with Crippen LogP contribution in [0.25, 0.3) is 11.0 Å². The summed E-state index contributed by atoms with van der Waals surface area (Å²) in [6, 6.07) is 2.68. The number of aromatic nitrogens is 3. The molecule has 0 amide bonds. The van der Waals surface area contributed by atoms with Crippen LogP contribution in [0.4, 0.5) is 0 Å². The lowest BCUT2D eigenvalue weighted by molar-refractivity contribution is 0.336. The first-order valence-corrected chi connectivity index (χ1v) is 6.68. The minimum atomic E-state index is 0.567. The lowest BCUT2D eigenvalue weighted by Crippen LogP contribution is -2.15. The standard InChI is InChI=1S/C13H14ClN3/c14-12-10-3-4-17(13(10)16-7-15-12)11-6-8-1-2-9(11)5-8/h3-4,7-9,11H,1-2,5-6H2. The van der Waals surface area contributed by atoms with Crippen molar-refractivity contribution in [3.8, 4) is 0 Å². The molecule has 2 fully saturated rings. The van der Waals surface area contributed by atoms with Crippen LogP contribution < -0.4 is 0 Å². The molecule has 2 heterocycles. The fourth-order valence-corrected chi connectivity index (χ4v) is 3.95. The number of nitrogens with zero attached hydrogens (tertiary/aromatic N) is 3. The topological polar surface area (TPSA) is 30.7 Å². The van der Waals surface area contributed by atoms with Crippen molar-refractivity contribution in [2.75, 3.05) is 0 Å². The van der Waals surface area contributed by atoms with Gasteiger partial charge in [0.25, 0.3) is 0 Å². The van der Waals surface area contributed by atoms with Gasteiger partial charge >= 0.3 is 0 Å². The number of hydrogen-bond donors (Lipinski definition) is 0. The van der Waals surface area contributed by atoms with Gasteiger partial charge in [0, 0.05) is 12.2 Å². The molecule has 17 heavy (non-hydrogen) atoms. The molecule has 3 unspecified atom stereocenters. The molecule has 3 atom stereocenters. The van der Waals surface area contributed by atoms with Crippen molar-refractivity contribution in [3.63, 3.8) is 0 Å². The highest BCUT2D eigenvalue weighted by Gasteiger charge is 2.40. The van der Waals surface area contributed by atoms with E-state index in [4.69, 9.17) is 11.6 Å². The lowest BCUT2D eigenvalue weighted by atomic mass is 9.95. The molecule has 2 saturated carbocycles. The molecule has 0 aromatic carbocycles. The van der Waals surface area contributed by atoms with E-state index >= 15 is 0 Å². The minimum absolute atomic E-state index is 0.567. The molecular weight excluding hydrogens is 234 g/mol. The minimum Gasteiger partial charge on any atom is -0.329 e. The third kappa shape index (κ3) is 1.35. The van der Waals surface area contributed by atoms with Gasteiger partial charge in [-0.15, -0.1) is 0 Å². The van der Waals surface area contributed by atoms with Crippen molar-refractivity contribution in [1.29, 1.82) is 0 Å². The maximum Gasteiger partial charge on any atom is 0.145 e. The van der Waals surface area contributed by atoms with Crippen LogP contribution >= 0.6 is 11.6 Å². The first-order valence-electron chi connectivity index (χ1n) is 6.30. The molecule has 4 rings (SSSR count). The predicted octanol–water partition coefficient (Wildman–Crippen LogP) is 3.45. The van der Waals surface area contributed by atoms with Gasteiger partial charge < -0.3 is 4.57 Å². The summed E-state index contributed by atoms with van der Waals surface area (Å²) >= 11 is 6.09. The van der Waals surface area contributed by atoms with Gasteiger partial charge in [0.1, 0.15) is 17.1 Å². The zero-order chi connectivity index (χ0) is 11.4. The van der Waals surface area contributed by atoms with E-state index in [1.54, 1.807) is 6.33 Å². The van der Waals surface area contributed by atoms with Gasteiger partial charge in [-0.2, -0.15) is 0 Å². The quantitative estimate of drug-likeness (QED) is 0.723. The molecule has 2 aromatic rings. The third-order valence-electron chi connectivity index (χ3n) is 4.52. The lowest BCUT2D eigenvalue weighted by Gasteiger charge is -2.23. The third-order valence-corrected chi connectivity index (χ3v) is 4.82. The maximum absolute atomic E-state index is 6.09. The van der Waals surface area contributed by atoms with E-state index in [1.807, 2.05) is 6.07 Å². The molecule has 2 aliphatic carbocycles. The van der Waals surface area contributed by atoms with Crippen LogP contribution in [-0.2, 0) is 0 Å². The zero-order valence-corrected chi connectivity index (χ0v) is 10.3. The van der Waals surface area contributed by atoms with Gasteiger partial charge in [-0.05, 0) is 37.2 Å². The summed E-state index contributed by atoms with van der Waals surface area (Å²) in [4.78, 5) is 8.43. The Kier molecular flexibility index (Phi) is 2.01. The Labute approximate surface area is 105 Å². The molecule has 2 bridgehead atoms. The maximum atomic E-state index is 6.09. The largest absolute Gasteiger partial charge is 0.329 e. The highest BCUT2D eigenvalue weighted by molar-refractivity contribution is 6.33. The second-order valence-corrected chi connectivity index (χ2v) is 5.72. The Morgan fingerprint density at radius 1 is 1.24 bits per heavy atom. The van der Waals surface area contributed by atoms with Crippen molar-refractivity contribution in [3.05, 3.63) is 23.7 Å². The van der Waals surface area contributed by atoms with Crippen LogP contribution in [0.2, 0.25) is 5.15 Å². The van der Waals surface area contributed by atoms with E-state index in [9.17, 15) is 0 Å². The first kappa shape index (κ1) is 9.89. The molecule has 2 aliphatic rings. The molecule has 2 aromatic heterocycles. The second kappa shape index (κ2) is 3.45. The fraction of sp³-hybridized carbons (Fsp3) is 0.538. The van der Waals surface area contributed by atoms with Crippen LogP contribution in [0, 0.1) is 11.8 Å². The average Bonchev–Trinajstić information content (AvgIpc) is 3.03. The number of fused-ring (bicyclic) bond motifs is 3. The normalized spacial score (nSPS) is 31.5. The molecule has 0 radical (unpaired) electrons. The van der Waals surface area contributed by atoms with Crippen LogP contribution in [0.15, 0.2) is 18.6 Å². The summed E-state index contributed by atoms with van der Waals surface area (Å²) < 4.78 is 2.33. The monoisotopic (exact) mass is 247 g/mol. The van der Waals surface area contributed by atoms with Crippen LogP contribution in [0.1, 0.15) is 31.7 Å². The van der Waals surface area contributed by atoms with Crippen molar-refractivity contribution < 1.29 is 0 Å². The summed E-state index contributed by atoms with van der Waals surface area (Å²) in [7, 11) is 0. The summed E-state index contributed by atoms with van der Waals surface area (Å²) in [5, 5.41) is 1.55. The summed E-state index contributed by atoms with van der Waals surface area (Å²) in [5.74, 6) is 1.80. The Morgan fingerprint density at radius 2 is 2.18 bits per heavy atom. The average molecular weight is 248 g/mol. The number of rotatable bonds is 1. The van der Waals surface area contributed by atoms with Gasteiger partial charge in [-0.3, -0.25) is 0 Å². The SMILES string of the molecule is Clc1ncnc2c1ccn2C1CC2CCC1C2. The molecule has 3 nitrogen and oxygen atoms in total. The first-order chi connectivity index (χ1) is 8.33. The Hall–Kier alpha value is -1.09. The van der Waals surface area contributed by atoms with Crippen molar-refractivity contribution in [2.45, 2.75) is 31.7 Å². The Balaban J connectivity index is 1.84. The molecule has 0 aliphatic heterocycles. The van der Waals surface area contributed by atoms with Crippen molar-refractivity contribution >= 4 is 22.6 Å². The molecule has 0 N–H and O–H groups in total. The van der Waals surface area contributed by atoms with E-state index in [0.717, 1.165) is 22.9 Å². The van der Waals surface area contributed by atoms with E-state index in [2.05, 4.69) is 20.7 Å². The van der Waals surface area contributed by atoms with Crippen LogP contribution in [0.3, 0.4) is 0 Å². The van der Waals surface area contributed by atoms with Crippen molar-refractivity contribution in [2.24, 2.45) is 11.8 Å². The zero-order valence-electron chi connectivity index (χ0n) is 9.51. The summed E-state index contributed by atoms with van der Waals surface area (Å²) in [6.45, 7) is 0. The van der Waals surface area contributed by atoms with E-state index < -0.39 is 0 Å². The van der Waals surface area contributed by atoms with Crippen molar-refractivity contribution in [1.82, 2.24) is 14.5 Å². The van der Waals surface area contributed by atoms with Crippen LogP contribution in [0.5, 0.6) is 0 Å². The summed E-state index contributed by atoms with van der Waals surface area (Å²) in [6.07, 6.45) is 9.23. The Morgan fingerprint density at radius 3 is 2.94 bits per heavy atom. The van der Waals surface area contributed by atoms with Gasteiger partial charge in [0.05, 0.1) is 5.39 Å².